The first-order valence-corrected chi connectivity index (χ1v) is 9.64. The fourth-order valence-corrected chi connectivity index (χ4v) is 5.10. The van der Waals surface area contributed by atoms with Crippen LogP contribution in [0.25, 0.3) is 0 Å². The minimum Gasteiger partial charge on any atom is -0.481 e. The topological polar surface area (TPSA) is 109 Å². The summed E-state index contributed by atoms with van der Waals surface area (Å²) in [5.74, 6) is -1.67. The standard InChI is InChI=1S/C10H19NO6S2/c1-18(14,15)6-7-19(16,17)11-4-2-9(3-5-11)8-10(12)13/h9H,2-8H2,1H3,(H,12,13). The molecule has 1 N–H and O–H groups in total. The number of carboxylic acid groups (broad SMARTS) is 1. The summed E-state index contributed by atoms with van der Waals surface area (Å²) in [6, 6.07) is 0. The van der Waals surface area contributed by atoms with Crippen molar-refractivity contribution in [3.8, 4) is 0 Å². The summed E-state index contributed by atoms with van der Waals surface area (Å²) < 4.78 is 47.0. The molecule has 1 rings (SSSR count). The van der Waals surface area contributed by atoms with Gasteiger partial charge in [0, 0.05) is 25.8 Å². The highest BCUT2D eigenvalue weighted by Crippen LogP contribution is 2.22. The van der Waals surface area contributed by atoms with E-state index in [-0.39, 0.29) is 31.2 Å². The molecule has 0 spiro atoms. The molecule has 19 heavy (non-hydrogen) atoms. The minimum absolute atomic E-state index is 0.00106. The van der Waals surface area contributed by atoms with E-state index in [2.05, 4.69) is 0 Å². The molecule has 7 nitrogen and oxygen atoms in total. The number of hydrogen-bond donors (Lipinski definition) is 1. The highest BCUT2D eigenvalue weighted by atomic mass is 32.2. The normalized spacial score (nSPS) is 19.4. The summed E-state index contributed by atoms with van der Waals surface area (Å²) in [6.45, 7) is 0.536. The maximum absolute atomic E-state index is 11.9. The van der Waals surface area contributed by atoms with E-state index in [1.54, 1.807) is 0 Å². The Morgan fingerprint density at radius 1 is 1.16 bits per heavy atom. The smallest absolute Gasteiger partial charge is 0.303 e. The second-order valence-electron chi connectivity index (χ2n) is 4.89. The lowest BCUT2D eigenvalue weighted by Crippen LogP contribution is -2.41. The monoisotopic (exact) mass is 313 g/mol. The van der Waals surface area contributed by atoms with Crippen LogP contribution in [0.15, 0.2) is 0 Å². The summed E-state index contributed by atoms with van der Waals surface area (Å²) >= 11 is 0. The van der Waals surface area contributed by atoms with Gasteiger partial charge in [-0.15, -0.1) is 0 Å². The van der Waals surface area contributed by atoms with Gasteiger partial charge < -0.3 is 5.11 Å². The molecule has 0 aliphatic carbocycles. The van der Waals surface area contributed by atoms with Crippen LogP contribution in [0.1, 0.15) is 19.3 Å². The fourth-order valence-electron chi connectivity index (χ4n) is 2.02. The first-order chi connectivity index (χ1) is 8.60. The van der Waals surface area contributed by atoms with Crippen molar-refractivity contribution in [2.45, 2.75) is 19.3 Å². The molecule has 0 aromatic heterocycles. The van der Waals surface area contributed by atoms with E-state index in [4.69, 9.17) is 5.11 Å². The number of carbonyl (C=O) groups is 1. The average Bonchev–Trinajstić information content (AvgIpc) is 2.26. The molecule has 0 radical (unpaired) electrons. The molecular weight excluding hydrogens is 294 g/mol. The Bertz CT molecular complexity index is 516. The number of hydrogen-bond acceptors (Lipinski definition) is 5. The largest absolute Gasteiger partial charge is 0.481 e. The molecule has 9 heteroatoms. The Kier molecular flexibility index (Phi) is 5.34. The van der Waals surface area contributed by atoms with E-state index >= 15 is 0 Å². The van der Waals surface area contributed by atoms with Crippen LogP contribution in [0, 0.1) is 5.92 Å². The van der Waals surface area contributed by atoms with Crippen LogP contribution in [-0.2, 0) is 24.7 Å². The molecule has 0 saturated carbocycles. The number of rotatable bonds is 6. The summed E-state index contributed by atoms with van der Waals surface area (Å²) in [5.41, 5.74) is 0. The summed E-state index contributed by atoms with van der Waals surface area (Å²) in [5, 5.41) is 8.67. The first-order valence-electron chi connectivity index (χ1n) is 5.97. The molecule has 0 amide bonds. The van der Waals surface area contributed by atoms with Gasteiger partial charge in [-0.1, -0.05) is 0 Å². The molecule has 1 saturated heterocycles. The van der Waals surface area contributed by atoms with Crippen LogP contribution >= 0.6 is 0 Å². The van der Waals surface area contributed by atoms with Crippen LogP contribution in [0.2, 0.25) is 0 Å². The predicted octanol–water partition coefficient (Wildman–Crippen LogP) is -0.452. The second kappa shape index (κ2) is 6.19. The minimum atomic E-state index is -3.56. The van der Waals surface area contributed by atoms with Crippen molar-refractivity contribution >= 4 is 25.8 Å². The quantitative estimate of drug-likeness (QED) is 0.711. The average molecular weight is 313 g/mol. The van der Waals surface area contributed by atoms with Gasteiger partial charge in [-0.3, -0.25) is 4.79 Å². The van der Waals surface area contributed by atoms with Crippen molar-refractivity contribution < 1.29 is 26.7 Å². The summed E-state index contributed by atoms with van der Waals surface area (Å²) in [4.78, 5) is 10.6. The Labute approximate surface area is 113 Å². The molecule has 0 aromatic carbocycles. The number of nitrogens with zero attached hydrogens (tertiary/aromatic N) is 1. The van der Waals surface area contributed by atoms with Crippen molar-refractivity contribution in [1.82, 2.24) is 4.31 Å². The number of carboxylic acids is 1. The van der Waals surface area contributed by atoms with E-state index < -0.39 is 31.6 Å². The van der Waals surface area contributed by atoms with Gasteiger partial charge in [-0.05, 0) is 18.8 Å². The predicted molar refractivity (Wildman–Crippen MR) is 70.0 cm³/mol. The van der Waals surface area contributed by atoms with Gasteiger partial charge in [0.05, 0.1) is 11.5 Å². The Morgan fingerprint density at radius 2 is 1.68 bits per heavy atom. The zero-order valence-electron chi connectivity index (χ0n) is 10.8. The highest BCUT2D eigenvalue weighted by Gasteiger charge is 2.29. The van der Waals surface area contributed by atoms with Gasteiger partial charge >= 0.3 is 5.97 Å². The SMILES string of the molecule is CS(=O)(=O)CCS(=O)(=O)N1CCC(CC(=O)O)CC1. The van der Waals surface area contributed by atoms with Gasteiger partial charge in [0.1, 0.15) is 9.84 Å². The van der Waals surface area contributed by atoms with Gasteiger partial charge in [-0.2, -0.15) is 0 Å². The molecule has 0 atom stereocenters. The van der Waals surface area contributed by atoms with Gasteiger partial charge in [0.2, 0.25) is 10.0 Å². The maximum atomic E-state index is 11.9. The van der Waals surface area contributed by atoms with E-state index in [1.807, 2.05) is 0 Å². The molecule has 112 valence electrons. The lowest BCUT2D eigenvalue weighted by atomic mass is 9.95. The van der Waals surface area contributed by atoms with E-state index in [0.29, 0.717) is 12.8 Å². The van der Waals surface area contributed by atoms with Crippen LogP contribution in [0.4, 0.5) is 0 Å². The van der Waals surface area contributed by atoms with Crippen molar-refractivity contribution in [2.75, 3.05) is 30.9 Å². The first kappa shape index (κ1) is 16.4. The zero-order valence-corrected chi connectivity index (χ0v) is 12.4. The van der Waals surface area contributed by atoms with E-state index in [1.165, 1.54) is 4.31 Å². The molecule has 0 unspecified atom stereocenters. The van der Waals surface area contributed by atoms with E-state index in [9.17, 15) is 21.6 Å². The Hall–Kier alpha value is -0.670. The fraction of sp³-hybridized carbons (Fsp3) is 0.900. The third-order valence-electron chi connectivity index (χ3n) is 3.14. The molecule has 0 bridgehead atoms. The van der Waals surface area contributed by atoms with Crippen molar-refractivity contribution in [1.29, 1.82) is 0 Å². The number of sulfonamides is 1. The number of sulfone groups is 1. The zero-order chi connectivity index (χ0) is 14.7. The molecule has 1 aliphatic rings. The number of aliphatic carboxylic acids is 1. The summed E-state index contributed by atoms with van der Waals surface area (Å²) in [7, 11) is -6.87. The lowest BCUT2D eigenvalue weighted by molar-refractivity contribution is -0.138. The number of piperidine rings is 1. The van der Waals surface area contributed by atoms with Crippen molar-refractivity contribution in [3.05, 3.63) is 0 Å². The van der Waals surface area contributed by atoms with Crippen LogP contribution in [0.5, 0.6) is 0 Å². The third kappa shape index (κ3) is 5.87. The van der Waals surface area contributed by atoms with Crippen molar-refractivity contribution in [2.24, 2.45) is 5.92 Å². The van der Waals surface area contributed by atoms with Crippen molar-refractivity contribution in [3.63, 3.8) is 0 Å². The van der Waals surface area contributed by atoms with Crippen LogP contribution < -0.4 is 0 Å². The second-order valence-corrected chi connectivity index (χ2v) is 9.23. The Morgan fingerprint density at radius 3 is 2.11 bits per heavy atom. The molecular formula is C10H19NO6S2. The van der Waals surface area contributed by atoms with Crippen LogP contribution in [-0.4, -0.2) is 63.1 Å². The van der Waals surface area contributed by atoms with Gasteiger partial charge in [0.15, 0.2) is 0 Å². The Balaban J connectivity index is 2.52. The maximum Gasteiger partial charge on any atom is 0.303 e. The van der Waals surface area contributed by atoms with Gasteiger partial charge in [0.25, 0.3) is 0 Å². The molecule has 1 heterocycles. The van der Waals surface area contributed by atoms with Gasteiger partial charge in [-0.25, -0.2) is 21.1 Å². The van der Waals surface area contributed by atoms with E-state index in [0.717, 1.165) is 6.26 Å². The highest BCUT2D eigenvalue weighted by molar-refractivity contribution is 7.93. The summed E-state index contributed by atoms with van der Waals surface area (Å²) in [6.07, 6.45) is 2.06. The lowest BCUT2D eigenvalue weighted by Gasteiger charge is -2.30. The van der Waals surface area contributed by atoms with Crippen LogP contribution in [0.3, 0.4) is 0 Å². The third-order valence-corrected chi connectivity index (χ3v) is 6.22. The molecule has 1 aliphatic heterocycles. The molecule has 0 aromatic rings. The molecule has 1 fully saturated rings.